The molecule has 25 heavy (non-hydrogen) atoms. The van der Waals surface area contributed by atoms with E-state index in [9.17, 15) is 9.18 Å². The lowest BCUT2D eigenvalue weighted by molar-refractivity contribution is 0.0952. The Kier molecular flexibility index (Phi) is 5.80. The van der Waals surface area contributed by atoms with Gasteiger partial charge in [-0.25, -0.2) is 4.39 Å². The van der Waals surface area contributed by atoms with E-state index in [1.165, 1.54) is 17.7 Å². The number of hydrogen-bond donors (Lipinski definition) is 2. The number of amides is 1. The van der Waals surface area contributed by atoms with Gasteiger partial charge < -0.3 is 15.4 Å². The summed E-state index contributed by atoms with van der Waals surface area (Å²) in [5.74, 6) is 0.0773. The van der Waals surface area contributed by atoms with Gasteiger partial charge in [-0.1, -0.05) is 35.9 Å². The van der Waals surface area contributed by atoms with Crippen LogP contribution in [-0.4, -0.2) is 25.5 Å². The maximum absolute atomic E-state index is 13.0. The van der Waals surface area contributed by atoms with Crippen LogP contribution in [0.1, 0.15) is 22.3 Å². The summed E-state index contributed by atoms with van der Waals surface area (Å²) in [5.41, 5.74) is 2.58. The van der Waals surface area contributed by atoms with Crippen molar-refractivity contribution in [1.29, 1.82) is 0 Å². The summed E-state index contributed by atoms with van der Waals surface area (Å²) in [7, 11) is 0. The second-order valence-electron chi connectivity index (χ2n) is 5.91. The molecule has 0 radical (unpaired) electrons. The molecular weight excluding hydrogens is 319 g/mol. The number of hydrogen-bond acceptors (Lipinski definition) is 3. The van der Waals surface area contributed by atoms with Crippen LogP contribution in [-0.2, 0) is 6.61 Å². The third-order valence-electron chi connectivity index (χ3n) is 4.07. The van der Waals surface area contributed by atoms with Crippen LogP contribution in [0.25, 0.3) is 0 Å². The molecule has 1 amide bonds. The highest BCUT2D eigenvalue weighted by atomic mass is 19.1. The number of para-hydroxylation sites is 1. The first-order chi connectivity index (χ1) is 12.2. The minimum absolute atomic E-state index is 0.158. The quantitative estimate of drug-likeness (QED) is 0.795. The van der Waals surface area contributed by atoms with Crippen LogP contribution < -0.4 is 15.4 Å². The molecule has 0 unspecified atom stereocenters. The van der Waals surface area contributed by atoms with Gasteiger partial charge in [0.15, 0.2) is 0 Å². The third-order valence-corrected chi connectivity index (χ3v) is 4.07. The number of rotatable bonds is 6. The van der Waals surface area contributed by atoms with Crippen LogP contribution in [0.5, 0.6) is 5.75 Å². The Bertz CT molecular complexity index is 757. The Morgan fingerprint density at radius 2 is 1.96 bits per heavy atom. The molecule has 2 aromatic rings. The zero-order chi connectivity index (χ0) is 17.5. The topological polar surface area (TPSA) is 50.4 Å². The minimum atomic E-state index is -0.282. The smallest absolute Gasteiger partial charge is 0.255 e. The largest absolute Gasteiger partial charge is 0.488 e. The van der Waals surface area contributed by atoms with Gasteiger partial charge in [-0.2, -0.15) is 0 Å². The van der Waals surface area contributed by atoms with Crippen LogP contribution in [0.4, 0.5) is 4.39 Å². The first-order valence-electron chi connectivity index (χ1n) is 8.35. The molecule has 0 bridgehead atoms. The molecule has 0 fully saturated rings. The normalized spacial score (nSPS) is 13.9. The average molecular weight is 340 g/mol. The van der Waals surface area contributed by atoms with Gasteiger partial charge in [0.2, 0.25) is 0 Å². The molecular formula is C20H21FN2O2. The van der Waals surface area contributed by atoms with Gasteiger partial charge in [-0.3, -0.25) is 4.79 Å². The molecule has 1 aliphatic heterocycles. The van der Waals surface area contributed by atoms with Crippen molar-refractivity contribution < 1.29 is 13.9 Å². The van der Waals surface area contributed by atoms with E-state index in [-0.39, 0.29) is 18.3 Å². The van der Waals surface area contributed by atoms with Crippen molar-refractivity contribution in [1.82, 2.24) is 10.6 Å². The summed E-state index contributed by atoms with van der Waals surface area (Å²) in [6.45, 7) is 2.62. The Hall–Kier alpha value is -2.66. The zero-order valence-corrected chi connectivity index (χ0v) is 13.9. The SMILES string of the molecule is O=C(NCC1=CCNCC1)c1ccccc1OCc1ccc(F)cc1. The van der Waals surface area contributed by atoms with Crippen LogP contribution in [0.15, 0.2) is 60.2 Å². The summed E-state index contributed by atoms with van der Waals surface area (Å²) in [6.07, 6.45) is 3.06. The second kappa shape index (κ2) is 8.44. The lowest BCUT2D eigenvalue weighted by Crippen LogP contribution is -2.29. The number of benzene rings is 2. The molecule has 1 aliphatic rings. The van der Waals surface area contributed by atoms with Crippen molar-refractivity contribution in [3.8, 4) is 5.75 Å². The Balaban J connectivity index is 1.62. The fourth-order valence-corrected chi connectivity index (χ4v) is 2.64. The van der Waals surface area contributed by atoms with E-state index in [1.54, 1.807) is 24.3 Å². The van der Waals surface area contributed by atoms with Gasteiger partial charge >= 0.3 is 0 Å². The molecule has 1 heterocycles. The van der Waals surface area contributed by atoms with Crippen LogP contribution in [0, 0.1) is 5.82 Å². The lowest BCUT2D eigenvalue weighted by Gasteiger charge is -2.15. The number of ether oxygens (including phenoxy) is 1. The highest BCUT2D eigenvalue weighted by molar-refractivity contribution is 5.97. The zero-order valence-electron chi connectivity index (χ0n) is 13.9. The van der Waals surface area contributed by atoms with E-state index in [0.717, 1.165) is 25.1 Å². The van der Waals surface area contributed by atoms with Crippen molar-refractivity contribution in [3.63, 3.8) is 0 Å². The Labute approximate surface area is 146 Å². The lowest BCUT2D eigenvalue weighted by atomic mass is 10.1. The summed E-state index contributed by atoms with van der Waals surface area (Å²) >= 11 is 0. The maximum atomic E-state index is 13.0. The maximum Gasteiger partial charge on any atom is 0.255 e. The number of carbonyl (C=O) groups excluding carboxylic acids is 1. The predicted molar refractivity (Wildman–Crippen MR) is 95.1 cm³/mol. The van der Waals surface area contributed by atoms with Crippen LogP contribution in [0.2, 0.25) is 0 Å². The molecule has 0 aliphatic carbocycles. The molecule has 4 nitrogen and oxygen atoms in total. The number of carbonyl (C=O) groups is 1. The first-order valence-corrected chi connectivity index (χ1v) is 8.35. The molecule has 0 saturated carbocycles. The van der Waals surface area contributed by atoms with E-state index in [4.69, 9.17) is 4.74 Å². The molecule has 0 spiro atoms. The fourth-order valence-electron chi connectivity index (χ4n) is 2.64. The van der Waals surface area contributed by atoms with E-state index < -0.39 is 0 Å². The molecule has 130 valence electrons. The van der Waals surface area contributed by atoms with Crippen molar-refractivity contribution in [2.24, 2.45) is 0 Å². The van der Waals surface area contributed by atoms with Gasteiger partial charge in [0.05, 0.1) is 5.56 Å². The summed E-state index contributed by atoms with van der Waals surface area (Å²) in [4.78, 5) is 12.5. The predicted octanol–water partition coefficient (Wildman–Crippen LogP) is 3.05. The Morgan fingerprint density at radius 3 is 2.72 bits per heavy atom. The van der Waals surface area contributed by atoms with Crippen LogP contribution >= 0.6 is 0 Å². The number of halogens is 1. The highest BCUT2D eigenvalue weighted by Crippen LogP contribution is 2.19. The second-order valence-corrected chi connectivity index (χ2v) is 5.91. The van der Waals surface area contributed by atoms with E-state index >= 15 is 0 Å². The molecule has 3 rings (SSSR count). The van der Waals surface area contributed by atoms with Gasteiger partial charge in [-0.05, 0) is 42.8 Å². The standard InChI is InChI=1S/C20H21FN2O2/c21-17-7-5-16(6-8-17)14-25-19-4-2-1-3-18(19)20(24)23-13-15-9-11-22-12-10-15/h1-9,22H,10-14H2,(H,23,24). The van der Waals surface area contributed by atoms with E-state index in [0.29, 0.717) is 17.9 Å². The van der Waals surface area contributed by atoms with Crippen LogP contribution in [0.3, 0.4) is 0 Å². The summed E-state index contributed by atoms with van der Waals surface area (Å²) in [6, 6.07) is 13.3. The molecule has 0 aromatic heterocycles. The number of nitrogens with one attached hydrogen (secondary N) is 2. The van der Waals surface area contributed by atoms with Gasteiger partial charge in [0, 0.05) is 13.1 Å². The van der Waals surface area contributed by atoms with Crippen molar-refractivity contribution >= 4 is 5.91 Å². The van der Waals surface area contributed by atoms with Gasteiger partial charge in [0.1, 0.15) is 18.2 Å². The summed E-state index contributed by atoms with van der Waals surface area (Å²) < 4.78 is 18.7. The monoisotopic (exact) mass is 340 g/mol. The summed E-state index contributed by atoms with van der Waals surface area (Å²) in [5, 5.41) is 6.20. The molecule has 2 N–H and O–H groups in total. The van der Waals surface area contributed by atoms with Gasteiger partial charge in [-0.15, -0.1) is 0 Å². The van der Waals surface area contributed by atoms with Crippen molar-refractivity contribution in [2.75, 3.05) is 19.6 Å². The van der Waals surface area contributed by atoms with E-state index in [2.05, 4.69) is 16.7 Å². The first kappa shape index (κ1) is 17.2. The average Bonchev–Trinajstić information content (AvgIpc) is 2.67. The van der Waals surface area contributed by atoms with E-state index in [1.807, 2.05) is 12.1 Å². The Morgan fingerprint density at radius 1 is 1.16 bits per heavy atom. The van der Waals surface area contributed by atoms with Gasteiger partial charge in [0.25, 0.3) is 5.91 Å². The molecule has 0 saturated heterocycles. The molecule has 5 heteroatoms. The van der Waals surface area contributed by atoms with Crippen molar-refractivity contribution in [2.45, 2.75) is 13.0 Å². The minimum Gasteiger partial charge on any atom is -0.488 e. The molecule has 2 aromatic carbocycles. The third kappa shape index (κ3) is 4.90. The highest BCUT2D eigenvalue weighted by Gasteiger charge is 2.13. The fraction of sp³-hybridized carbons (Fsp3) is 0.250. The molecule has 0 atom stereocenters. The van der Waals surface area contributed by atoms with Crippen molar-refractivity contribution in [3.05, 3.63) is 77.1 Å².